The molecule has 23 N–H and O–H groups in total. The molecule has 2 aromatic rings. The van der Waals surface area contributed by atoms with Crippen molar-refractivity contribution >= 4 is 133 Å². The molecule has 0 saturated carbocycles. The zero-order valence-electron chi connectivity index (χ0n) is 49.8. The second-order valence-electron chi connectivity index (χ2n) is 20.9. The molecule has 1 aromatic carbocycles. The van der Waals surface area contributed by atoms with Crippen molar-refractivity contribution in [3.63, 3.8) is 0 Å². The van der Waals surface area contributed by atoms with Gasteiger partial charge in [-0.25, -0.2) is 9.78 Å². The Morgan fingerprint density at radius 2 is 1.19 bits per heavy atom. The number of unbranched alkanes of at least 4 members (excludes halogenated alkanes) is 1. The number of aromatic nitrogens is 2. The SMILES string of the molecule is C[C@H](NC(=O)[C@@H]1CCCN1C(=O)[C@H](Cc1cnc[nH]1)NC(=O)[C@H](CS)NC(=O)[C@@H](N)CS)C(=O)N[C@@H](CS)C(=O)NCC(=O)N[C@@H](CCCN=C(N)N)C(=O)N[C@@H](CCCCN)C(=O)N[C@@H](Cc1ccc(O)cc1)C(=O)N[C@@H](CC(N)=O)C(=O)N[C@@H](CS)C(=O)O. The zero-order valence-corrected chi connectivity index (χ0v) is 53.3. The van der Waals surface area contributed by atoms with Crippen LogP contribution in [0.15, 0.2) is 41.8 Å². The lowest BCUT2D eigenvalue weighted by molar-refractivity contribution is -0.142. The monoisotopic (exact) mass is 1350 g/mol. The number of hydrogen-bond donors (Lipinski definition) is 22. The fraction of sp³-hybridized carbons (Fsp3) is 0.566. The maximum Gasteiger partial charge on any atom is 0.327 e. The number of hydrogen-bond acceptors (Lipinski definition) is 22. The van der Waals surface area contributed by atoms with E-state index in [9.17, 15) is 72.5 Å². The van der Waals surface area contributed by atoms with Crippen LogP contribution in [0.2, 0.25) is 0 Å². The number of imidazole rings is 1. The molecule has 1 fully saturated rings. The number of phenols is 1. The van der Waals surface area contributed by atoms with Gasteiger partial charge in [-0.15, -0.1) is 0 Å². The number of nitrogens with two attached hydrogens (primary N) is 5. The highest BCUT2D eigenvalue weighted by molar-refractivity contribution is 7.80. The van der Waals surface area contributed by atoms with Crippen molar-refractivity contribution in [2.45, 2.75) is 138 Å². The summed E-state index contributed by atoms with van der Waals surface area (Å²) in [5.74, 6) is -13.4. The number of amides is 12. The quantitative estimate of drug-likeness (QED) is 0.0128. The van der Waals surface area contributed by atoms with E-state index in [4.69, 9.17) is 28.7 Å². The number of aromatic hydroxyl groups is 1. The van der Waals surface area contributed by atoms with Crippen LogP contribution in [0, 0.1) is 0 Å². The normalized spacial score (nSPS) is 15.9. The van der Waals surface area contributed by atoms with Crippen molar-refractivity contribution < 1.29 is 72.5 Å². The molecule has 2 heterocycles. The van der Waals surface area contributed by atoms with E-state index in [0.29, 0.717) is 24.1 Å². The molecule has 34 nitrogen and oxygen atoms in total. The van der Waals surface area contributed by atoms with Crippen LogP contribution in [0.25, 0.3) is 0 Å². The van der Waals surface area contributed by atoms with Gasteiger partial charge in [0.05, 0.1) is 25.3 Å². The van der Waals surface area contributed by atoms with E-state index in [1.807, 2.05) is 0 Å². The van der Waals surface area contributed by atoms with E-state index in [-0.39, 0.29) is 99.3 Å². The average Bonchev–Trinajstić information content (AvgIpc) is 2.13. The Morgan fingerprint density at radius 1 is 0.648 bits per heavy atom. The predicted molar refractivity (Wildman–Crippen MR) is 343 cm³/mol. The molecule has 0 radical (unpaired) electrons. The summed E-state index contributed by atoms with van der Waals surface area (Å²) in [6.07, 6.45) is 2.62. The first-order valence-corrected chi connectivity index (χ1v) is 31.2. The first kappa shape index (κ1) is 77.2. The number of thiol groups is 4. The predicted octanol–water partition coefficient (Wildman–Crippen LogP) is -7.42. The molecule has 91 heavy (non-hydrogen) atoms. The number of nitrogens with zero attached hydrogens (tertiary/aromatic N) is 3. The number of H-pyrrole nitrogens is 1. The first-order valence-electron chi connectivity index (χ1n) is 28.7. The van der Waals surface area contributed by atoms with Crippen molar-refractivity contribution in [2.24, 2.45) is 33.7 Å². The van der Waals surface area contributed by atoms with Gasteiger partial charge in [-0.05, 0) is 76.1 Å². The zero-order chi connectivity index (χ0) is 67.9. The first-order chi connectivity index (χ1) is 43.2. The van der Waals surface area contributed by atoms with Gasteiger partial charge in [0.15, 0.2) is 5.96 Å². The Labute approximate surface area is 545 Å². The molecule has 1 aromatic heterocycles. The van der Waals surface area contributed by atoms with Crippen LogP contribution < -0.4 is 81.8 Å². The van der Waals surface area contributed by atoms with Gasteiger partial charge in [-0.1, -0.05) is 12.1 Å². The van der Waals surface area contributed by atoms with E-state index in [2.05, 4.69) is 119 Å². The summed E-state index contributed by atoms with van der Waals surface area (Å²) in [7, 11) is 0. The molecule has 3 rings (SSSR count). The van der Waals surface area contributed by atoms with Gasteiger partial charge < -0.3 is 102 Å². The van der Waals surface area contributed by atoms with Gasteiger partial charge in [-0.3, -0.25) is 62.5 Å². The highest BCUT2D eigenvalue weighted by Crippen LogP contribution is 2.21. The van der Waals surface area contributed by atoms with Gasteiger partial charge in [0, 0.05) is 60.8 Å². The summed E-state index contributed by atoms with van der Waals surface area (Å²) in [5.41, 5.74) is 28.7. The number of carboxylic acids is 1. The Morgan fingerprint density at radius 3 is 1.77 bits per heavy atom. The number of carbonyl (C=O) groups is 13. The number of carboxylic acid groups (broad SMARTS) is 1. The number of benzene rings is 1. The minimum atomic E-state index is -1.74. The molecule has 504 valence electrons. The smallest absolute Gasteiger partial charge is 0.327 e. The Kier molecular flexibility index (Phi) is 33.9. The van der Waals surface area contributed by atoms with Gasteiger partial charge >= 0.3 is 5.97 Å². The molecule has 0 unspecified atom stereocenters. The highest BCUT2D eigenvalue weighted by Gasteiger charge is 2.40. The summed E-state index contributed by atoms with van der Waals surface area (Å²) in [5, 5.41) is 44.0. The lowest BCUT2D eigenvalue weighted by atomic mass is 10.0. The molecule has 0 bridgehead atoms. The minimum absolute atomic E-state index is 0.00981. The van der Waals surface area contributed by atoms with E-state index in [0.717, 1.165) is 0 Å². The number of carbonyl (C=O) groups excluding carboxylic acids is 12. The number of phenolic OH excluding ortho intramolecular Hbond substituents is 1. The Hall–Kier alpha value is -8.07. The van der Waals surface area contributed by atoms with Crippen LogP contribution in [-0.4, -0.2) is 224 Å². The fourth-order valence-electron chi connectivity index (χ4n) is 8.85. The molecule has 38 heteroatoms. The molecule has 1 aliphatic rings. The van der Waals surface area contributed by atoms with Crippen molar-refractivity contribution in [3.05, 3.63) is 48.0 Å². The number of likely N-dealkylation sites (tertiary alicyclic amines) is 1. The van der Waals surface area contributed by atoms with Crippen LogP contribution >= 0.6 is 50.5 Å². The molecule has 11 atom stereocenters. The van der Waals surface area contributed by atoms with Crippen LogP contribution in [0.5, 0.6) is 5.75 Å². The van der Waals surface area contributed by atoms with Gasteiger partial charge in [0.2, 0.25) is 70.9 Å². The summed E-state index contributed by atoms with van der Waals surface area (Å²) < 4.78 is 0. The molecular formula is C53H83N19O15S4. The summed E-state index contributed by atoms with van der Waals surface area (Å²) >= 11 is 16.3. The lowest BCUT2D eigenvalue weighted by Crippen LogP contribution is -2.60. The fourth-order valence-corrected chi connectivity index (χ4v) is 9.77. The number of aliphatic imine (C=N–C) groups is 1. The lowest BCUT2D eigenvalue weighted by Gasteiger charge is -2.30. The molecule has 0 aliphatic carbocycles. The number of primary amides is 1. The van der Waals surface area contributed by atoms with Crippen molar-refractivity contribution in [2.75, 3.05) is 49.2 Å². The third-order valence-corrected chi connectivity index (χ3v) is 15.3. The van der Waals surface area contributed by atoms with Crippen LogP contribution in [0.1, 0.15) is 69.5 Å². The largest absolute Gasteiger partial charge is 0.508 e. The molecule has 1 saturated heterocycles. The van der Waals surface area contributed by atoms with Crippen LogP contribution in [0.4, 0.5) is 0 Å². The minimum Gasteiger partial charge on any atom is -0.508 e. The number of guanidine groups is 1. The third-order valence-electron chi connectivity index (χ3n) is 13.8. The van der Waals surface area contributed by atoms with E-state index in [1.54, 1.807) is 0 Å². The third kappa shape index (κ3) is 26.7. The molecule has 0 spiro atoms. The van der Waals surface area contributed by atoms with Crippen molar-refractivity contribution in [1.29, 1.82) is 0 Å². The Balaban J connectivity index is 1.76. The van der Waals surface area contributed by atoms with Crippen molar-refractivity contribution in [3.8, 4) is 5.75 Å². The standard InChI is InChI=1S/C53H83N19O15S4/c1-26(63-50(84)39-8-5-15-72(39)51(85)35(17-28-19-59-25-62-28)68-49(83)37(23-90)70-43(77)30(55)21-88)42(76)69-36(22-89)44(78)61-20-41(75)64-31(7-4-14-60-53(57)58)45(79)65-32(6-2-3-13-54)46(80)66-33(16-27-9-11-29(73)12-10-27)47(81)67-34(18-40(56)74)48(82)71-38(24-91)52(86)87/h9-12,19,25-26,30-39,73,88-91H,2-8,13-18,20-24,54-55H2,1H3,(H2,56,74)(H,59,62)(H,61,78)(H,63,84)(H,64,75)(H,65,79)(H,66,80)(H,67,81)(H,68,83)(H,69,76)(H,70,77)(H,71,82)(H,86,87)(H4,57,58,60)/t26-,30-,31-,32-,33-,34-,35-,36-,37-,38-,39-/m0/s1. The van der Waals surface area contributed by atoms with Crippen molar-refractivity contribution in [1.82, 2.24) is 68.0 Å². The number of aliphatic carboxylic acids is 1. The maximum atomic E-state index is 14.3. The van der Waals surface area contributed by atoms with Crippen LogP contribution in [-0.2, 0) is 75.2 Å². The van der Waals surface area contributed by atoms with E-state index < -0.39 is 156 Å². The van der Waals surface area contributed by atoms with E-state index in [1.165, 1.54) is 48.6 Å². The number of aromatic amines is 1. The topological polar surface area (TPSA) is 557 Å². The Bertz CT molecular complexity index is 2860. The number of rotatable bonds is 40. The second kappa shape index (κ2) is 39.9. The average molecular weight is 1350 g/mol. The van der Waals surface area contributed by atoms with E-state index >= 15 is 0 Å². The second-order valence-corrected chi connectivity index (χ2v) is 22.4. The number of nitrogens with one attached hydrogen (secondary N) is 11. The van der Waals surface area contributed by atoms with Crippen LogP contribution in [0.3, 0.4) is 0 Å². The summed E-state index contributed by atoms with van der Waals surface area (Å²) in [6.45, 7) is 0.795. The summed E-state index contributed by atoms with van der Waals surface area (Å²) in [4.78, 5) is 186. The molecular weight excluding hydrogens is 1270 g/mol. The molecule has 1 aliphatic heterocycles. The highest BCUT2D eigenvalue weighted by atomic mass is 32.1. The molecule has 12 amide bonds. The summed E-state index contributed by atoms with van der Waals surface area (Å²) in [6, 6.07) is -9.60. The van der Waals surface area contributed by atoms with Gasteiger partial charge in [0.25, 0.3) is 0 Å². The van der Waals surface area contributed by atoms with Gasteiger partial charge in [0.1, 0.15) is 66.2 Å². The maximum absolute atomic E-state index is 14.3. The van der Waals surface area contributed by atoms with Gasteiger partial charge in [-0.2, -0.15) is 50.5 Å².